The van der Waals surface area contributed by atoms with Gasteiger partial charge in [-0.1, -0.05) is 23.4 Å². The molecule has 1 saturated heterocycles. The molecule has 1 aromatic carbocycles. The fourth-order valence-corrected chi connectivity index (χ4v) is 2.84. The number of amides is 1. The first-order chi connectivity index (χ1) is 11.2. The minimum Gasteiger partial charge on any atom is -0.368 e. The van der Waals surface area contributed by atoms with Crippen molar-refractivity contribution in [2.75, 3.05) is 31.1 Å². The summed E-state index contributed by atoms with van der Waals surface area (Å²) in [7, 11) is 0. The molecule has 0 saturated carbocycles. The molecule has 1 aliphatic rings. The van der Waals surface area contributed by atoms with E-state index in [0.717, 1.165) is 32.6 Å². The van der Waals surface area contributed by atoms with Gasteiger partial charge >= 0.3 is 0 Å². The Morgan fingerprint density at radius 3 is 2.57 bits per heavy atom. The summed E-state index contributed by atoms with van der Waals surface area (Å²) in [4.78, 5) is 20.7. The maximum absolute atomic E-state index is 12.3. The smallest absolute Gasteiger partial charge is 0.226 e. The van der Waals surface area contributed by atoms with Crippen molar-refractivity contribution in [3.63, 3.8) is 0 Å². The van der Waals surface area contributed by atoms with E-state index in [1.807, 2.05) is 23.1 Å². The minimum atomic E-state index is 0.217. The molecule has 0 bridgehead atoms. The molecule has 1 fully saturated rings. The molecule has 1 aromatic heterocycles. The van der Waals surface area contributed by atoms with E-state index in [-0.39, 0.29) is 5.91 Å². The van der Waals surface area contributed by atoms with Crippen LogP contribution in [-0.4, -0.2) is 47.1 Å². The van der Waals surface area contributed by atoms with Gasteiger partial charge in [0.1, 0.15) is 0 Å². The zero-order valence-corrected chi connectivity index (χ0v) is 13.4. The van der Waals surface area contributed by atoms with Crippen LogP contribution in [0.1, 0.15) is 24.6 Å². The minimum absolute atomic E-state index is 0.217. The van der Waals surface area contributed by atoms with E-state index in [2.05, 4.69) is 27.2 Å². The van der Waals surface area contributed by atoms with Crippen molar-refractivity contribution in [3.8, 4) is 0 Å². The number of hydrogen-bond acceptors (Lipinski definition) is 5. The molecule has 1 amide bonds. The average Bonchev–Trinajstić information content (AvgIpc) is 3.01. The third kappa shape index (κ3) is 4.09. The molecule has 2 aromatic rings. The second kappa shape index (κ2) is 7.26. The number of para-hydroxylation sites is 1. The Labute approximate surface area is 136 Å². The number of carbonyl (C=O) groups is 1. The highest BCUT2D eigenvalue weighted by Crippen LogP contribution is 2.16. The van der Waals surface area contributed by atoms with Crippen LogP contribution in [0.4, 0.5) is 5.69 Å². The Balaban J connectivity index is 1.41. The van der Waals surface area contributed by atoms with Gasteiger partial charge in [-0.2, -0.15) is 4.98 Å². The molecule has 1 aliphatic heterocycles. The zero-order valence-electron chi connectivity index (χ0n) is 13.4. The van der Waals surface area contributed by atoms with Crippen LogP contribution < -0.4 is 4.90 Å². The van der Waals surface area contributed by atoms with E-state index in [4.69, 9.17) is 4.52 Å². The Bertz CT molecular complexity index is 633. The van der Waals surface area contributed by atoms with Crippen LogP contribution in [0.2, 0.25) is 0 Å². The van der Waals surface area contributed by atoms with Gasteiger partial charge in [0.25, 0.3) is 0 Å². The van der Waals surface area contributed by atoms with Crippen molar-refractivity contribution < 1.29 is 9.32 Å². The van der Waals surface area contributed by atoms with E-state index in [1.54, 1.807) is 6.92 Å². The lowest BCUT2D eigenvalue weighted by Crippen LogP contribution is -2.48. The van der Waals surface area contributed by atoms with Gasteiger partial charge in [-0.15, -0.1) is 0 Å². The fourth-order valence-electron chi connectivity index (χ4n) is 2.84. The first-order valence-corrected chi connectivity index (χ1v) is 8.09. The number of rotatable bonds is 5. The number of carbonyl (C=O) groups excluding carboxylic acids is 1. The molecule has 0 atom stereocenters. The highest BCUT2D eigenvalue weighted by Gasteiger charge is 2.20. The van der Waals surface area contributed by atoms with Gasteiger partial charge in [0.2, 0.25) is 11.8 Å². The summed E-state index contributed by atoms with van der Waals surface area (Å²) in [5, 5.41) is 3.75. The van der Waals surface area contributed by atoms with Crippen LogP contribution in [-0.2, 0) is 11.2 Å². The van der Waals surface area contributed by atoms with Crippen molar-refractivity contribution in [2.45, 2.75) is 26.2 Å². The van der Waals surface area contributed by atoms with E-state index in [1.165, 1.54) is 5.69 Å². The number of hydrogen-bond donors (Lipinski definition) is 0. The first kappa shape index (κ1) is 15.5. The Morgan fingerprint density at radius 2 is 1.91 bits per heavy atom. The summed E-state index contributed by atoms with van der Waals surface area (Å²) < 4.78 is 5.06. The lowest BCUT2D eigenvalue weighted by atomic mass is 10.2. The van der Waals surface area contributed by atoms with Crippen LogP contribution in [0.5, 0.6) is 0 Å². The molecular formula is C17H22N4O2. The zero-order chi connectivity index (χ0) is 16.1. The lowest BCUT2D eigenvalue weighted by Gasteiger charge is -2.36. The van der Waals surface area contributed by atoms with Crippen molar-refractivity contribution in [3.05, 3.63) is 42.0 Å². The van der Waals surface area contributed by atoms with Gasteiger partial charge in [-0.05, 0) is 25.5 Å². The fraction of sp³-hybridized carbons (Fsp3) is 0.471. The number of nitrogens with zero attached hydrogens (tertiary/aromatic N) is 4. The predicted molar refractivity (Wildman–Crippen MR) is 87.2 cm³/mol. The molecule has 3 rings (SSSR count). The van der Waals surface area contributed by atoms with Gasteiger partial charge in [-0.3, -0.25) is 4.79 Å². The number of benzene rings is 1. The van der Waals surface area contributed by atoms with Gasteiger partial charge in [0, 0.05) is 44.7 Å². The van der Waals surface area contributed by atoms with Gasteiger partial charge < -0.3 is 14.3 Å². The summed E-state index contributed by atoms with van der Waals surface area (Å²) in [5.41, 5.74) is 1.23. The summed E-state index contributed by atoms with van der Waals surface area (Å²) in [6.07, 6.45) is 1.95. The van der Waals surface area contributed by atoms with E-state index in [9.17, 15) is 4.79 Å². The van der Waals surface area contributed by atoms with E-state index >= 15 is 0 Å². The predicted octanol–water partition coefficient (Wildman–Crippen LogP) is 2.05. The average molecular weight is 314 g/mol. The number of aromatic nitrogens is 2. The normalized spacial score (nSPS) is 15.0. The van der Waals surface area contributed by atoms with Crippen LogP contribution >= 0.6 is 0 Å². The van der Waals surface area contributed by atoms with Crippen molar-refractivity contribution in [1.82, 2.24) is 15.0 Å². The van der Waals surface area contributed by atoms with Crippen LogP contribution in [0, 0.1) is 6.92 Å². The molecule has 0 radical (unpaired) electrons. The standard InChI is InChI=1S/C17H22N4O2/c1-14-18-16(23-19-14)8-5-9-17(22)21-12-10-20(11-13-21)15-6-3-2-4-7-15/h2-4,6-7H,5,8-13H2,1H3. The Morgan fingerprint density at radius 1 is 1.17 bits per heavy atom. The van der Waals surface area contributed by atoms with Crippen LogP contribution in [0.15, 0.2) is 34.9 Å². The molecule has 0 unspecified atom stereocenters. The highest BCUT2D eigenvalue weighted by atomic mass is 16.5. The summed E-state index contributed by atoms with van der Waals surface area (Å²) in [6.45, 7) is 5.14. The van der Waals surface area contributed by atoms with E-state index in [0.29, 0.717) is 24.6 Å². The molecule has 0 aliphatic carbocycles. The number of anilines is 1. The summed E-state index contributed by atoms with van der Waals surface area (Å²) in [5.74, 6) is 1.47. The van der Waals surface area contributed by atoms with Gasteiger partial charge in [0.15, 0.2) is 5.82 Å². The first-order valence-electron chi connectivity index (χ1n) is 8.09. The molecule has 2 heterocycles. The maximum Gasteiger partial charge on any atom is 0.226 e. The Kier molecular flexibility index (Phi) is 4.90. The quantitative estimate of drug-likeness (QED) is 0.845. The second-order valence-electron chi connectivity index (χ2n) is 5.79. The third-order valence-electron chi connectivity index (χ3n) is 4.10. The highest BCUT2D eigenvalue weighted by molar-refractivity contribution is 5.76. The lowest BCUT2D eigenvalue weighted by molar-refractivity contribution is -0.131. The summed E-state index contributed by atoms with van der Waals surface area (Å²) >= 11 is 0. The second-order valence-corrected chi connectivity index (χ2v) is 5.79. The SMILES string of the molecule is Cc1noc(CCCC(=O)N2CCN(c3ccccc3)CC2)n1. The molecule has 0 spiro atoms. The number of piperazine rings is 1. The van der Waals surface area contributed by atoms with Gasteiger partial charge in [-0.25, -0.2) is 0 Å². The molecule has 23 heavy (non-hydrogen) atoms. The van der Waals surface area contributed by atoms with Crippen molar-refractivity contribution >= 4 is 11.6 Å². The molecule has 0 N–H and O–H groups in total. The van der Waals surface area contributed by atoms with Crippen molar-refractivity contribution in [2.24, 2.45) is 0 Å². The number of aryl methyl sites for hydroxylation is 2. The van der Waals surface area contributed by atoms with Crippen LogP contribution in [0.3, 0.4) is 0 Å². The topological polar surface area (TPSA) is 62.5 Å². The molecule has 6 nitrogen and oxygen atoms in total. The van der Waals surface area contributed by atoms with Gasteiger partial charge in [0.05, 0.1) is 0 Å². The van der Waals surface area contributed by atoms with Crippen molar-refractivity contribution in [1.29, 1.82) is 0 Å². The molecular weight excluding hydrogens is 292 g/mol. The maximum atomic E-state index is 12.3. The Hall–Kier alpha value is -2.37. The molecule has 6 heteroatoms. The third-order valence-corrected chi connectivity index (χ3v) is 4.10. The van der Waals surface area contributed by atoms with Crippen LogP contribution in [0.25, 0.3) is 0 Å². The summed E-state index contributed by atoms with van der Waals surface area (Å²) in [6, 6.07) is 10.3. The van der Waals surface area contributed by atoms with E-state index < -0.39 is 0 Å². The molecule has 122 valence electrons. The monoisotopic (exact) mass is 314 g/mol. The largest absolute Gasteiger partial charge is 0.368 e.